The SMILES string of the molecule is CCN(C(=O)c1cc(F)ccc1-c1cc(C2CN([C@@H](CCC3OCCO3)C(C)C)C2)cc2c1cnn2C)C(C)C. The van der Waals surface area contributed by atoms with Gasteiger partial charge in [0.15, 0.2) is 6.29 Å². The van der Waals surface area contributed by atoms with Gasteiger partial charge in [-0.1, -0.05) is 19.9 Å². The fourth-order valence-corrected chi connectivity index (χ4v) is 6.37. The molecule has 0 saturated carbocycles. The van der Waals surface area contributed by atoms with Gasteiger partial charge < -0.3 is 14.4 Å². The maximum atomic E-state index is 14.5. The largest absolute Gasteiger partial charge is 0.350 e. The van der Waals surface area contributed by atoms with Crippen LogP contribution in [0.25, 0.3) is 22.0 Å². The van der Waals surface area contributed by atoms with Crippen LogP contribution in [0.2, 0.25) is 0 Å². The molecule has 5 rings (SSSR count). The first-order valence-electron chi connectivity index (χ1n) is 14.7. The molecule has 40 heavy (non-hydrogen) atoms. The van der Waals surface area contributed by atoms with Gasteiger partial charge in [-0.3, -0.25) is 14.4 Å². The summed E-state index contributed by atoms with van der Waals surface area (Å²) in [6.45, 7) is 14.4. The Morgan fingerprint density at radius 1 is 1.10 bits per heavy atom. The van der Waals surface area contributed by atoms with E-state index < -0.39 is 5.82 Å². The number of hydrogen-bond acceptors (Lipinski definition) is 5. The average molecular weight is 551 g/mol. The third-order valence-electron chi connectivity index (χ3n) is 8.62. The van der Waals surface area contributed by atoms with E-state index in [9.17, 15) is 9.18 Å². The van der Waals surface area contributed by atoms with Crippen LogP contribution in [0.5, 0.6) is 0 Å². The molecule has 1 amide bonds. The predicted molar refractivity (Wildman–Crippen MR) is 156 cm³/mol. The van der Waals surface area contributed by atoms with E-state index in [1.54, 1.807) is 11.0 Å². The fraction of sp³-hybridized carbons (Fsp3) is 0.562. The van der Waals surface area contributed by atoms with Crippen molar-refractivity contribution in [2.75, 3.05) is 32.8 Å². The Kier molecular flexibility index (Phi) is 8.59. The van der Waals surface area contributed by atoms with Crippen LogP contribution in [-0.2, 0) is 16.5 Å². The Balaban J connectivity index is 1.45. The van der Waals surface area contributed by atoms with Crippen molar-refractivity contribution in [1.29, 1.82) is 0 Å². The van der Waals surface area contributed by atoms with Gasteiger partial charge in [-0.25, -0.2) is 4.39 Å². The van der Waals surface area contributed by atoms with Crippen molar-refractivity contribution in [3.8, 4) is 11.1 Å². The minimum atomic E-state index is -0.409. The highest BCUT2D eigenvalue weighted by atomic mass is 19.1. The Morgan fingerprint density at radius 3 is 2.48 bits per heavy atom. The third-order valence-corrected chi connectivity index (χ3v) is 8.62. The maximum absolute atomic E-state index is 14.5. The first kappa shape index (κ1) is 28.7. The van der Waals surface area contributed by atoms with Crippen LogP contribution >= 0.6 is 0 Å². The summed E-state index contributed by atoms with van der Waals surface area (Å²) in [4.78, 5) is 18.0. The van der Waals surface area contributed by atoms with Crippen molar-refractivity contribution in [3.63, 3.8) is 0 Å². The lowest BCUT2D eigenvalue weighted by atomic mass is 9.84. The summed E-state index contributed by atoms with van der Waals surface area (Å²) in [7, 11) is 1.94. The van der Waals surface area contributed by atoms with Crippen molar-refractivity contribution < 1.29 is 18.7 Å². The van der Waals surface area contributed by atoms with E-state index in [-0.39, 0.29) is 18.2 Å². The molecule has 3 heterocycles. The van der Waals surface area contributed by atoms with Gasteiger partial charge in [0.05, 0.1) is 30.5 Å². The number of rotatable bonds is 10. The first-order chi connectivity index (χ1) is 19.2. The van der Waals surface area contributed by atoms with E-state index in [1.807, 2.05) is 38.7 Å². The molecular weight excluding hydrogens is 507 g/mol. The van der Waals surface area contributed by atoms with Crippen LogP contribution in [0.3, 0.4) is 0 Å². The van der Waals surface area contributed by atoms with Crippen LogP contribution in [-0.4, -0.2) is 76.7 Å². The predicted octanol–water partition coefficient (Wildman–Crippen LogP) is 5.83. The van der Waals surface area contributed by atoms with Gasteiger partial charge in [-0.05, 0) is 80.5 Å². The minimum Gasteiger partial charge on any atom is -0.350 e. The molecule has 0 bridgehead atoms. The molecular formula is C32H43FN4O3. The number of aryl methyl sites for hydroxylation is 1. The van der Waals surface area contributed by atoms with Gasteiger partial charge in [-0.2, -0.15) is 5.10 Å². The number of nitrogens with zero attached hydrogens (tertiary/aromatic N) is 4. The highest BCUT2D eigenvalue weighted by Gasteiger charge is 2.36. The maximum Gasteiger partial charge on any atom is 0.254 e. The quantitative estimate of drug-likeness (QED) is 0.318. The van der Waals surface area contributed by atoms with E-state index in [4.69, 9.17) is 9.47 Å². The Morgan fingerprint density at radius 2 is 1.82 bits per heavy atom. The molecule has 0 radical (unpaired) electrons. The number of carbonyl (C=O) groups excluding carboxylic acids is 1. The van der Waals surface area contributed by atoms with Crippen LogP contribution in [0.15, 0.2) is 36.5 Å². The van der Waals surface area contributed by atoms with Gasteiger partial charge >= 0.3 is 0 Å². The molecule has 0 N–H and O–H groups in total. The number of halogens is 1. The van der Waals surface area contributed by atoms with Crippen molar-refractivity contribution in [2.24, 2.45) is 13.0 Å². The monoisotopic (exact) mass is 550 g/mol. The molecule has 0 unspecified atom stereocenters. The molecule has 2 aliphatic heterocycles. The third kappa shape index (κ3) is 5.67. The van der Waals surface area contributed by atoms with E-state index in [0.717, 1.165) is 48.0 Å². The number of carbonyl (C=O) groups is 1. The van der Waals surface area contributed by atoms with Crippen molar-refractivity contribution in [2.45, 2.75) is 71.8 Å². The first-order valence-corrected chi connectivity index (χ1v) is 14.7. The molecule has 1 atom stereocenters. The summed E-state index contributed by atoms with van der Waals surface area (Å²) >= 11 is 0. The molecule has 8 heteroatoms. The zero-order chi connectivity index (χ0) is 28.6. The summed E-state index contributed by atoms with van der Waals surface area (Å²) in [5.74, 6) is 0.348. The number of fused-ring (bicyclic) bond motifs is 1. The zero-order valence-corrected chi connectivity index (χ0v) is 24.7. The van der Waals surface area contributed by atoms with E-state index in [1.165, 1.54) is 17.7 Å². The molecule has 0 aliphatic carbocycles. The fourth-order valence-electron chi connectivity index (χ4n) is 6.37. The van der Waals surface area contributed by atoms with Gasteiger partial charge in [0.25, 0.3) is 5.91 Å². The lowest BCUT2D eigenvalue weighted by Crippen LogP contribution is -2.52. The topological polar surface area (TPSA) is 59.8 Å². The van der Waals surface area contributed by atoms with Crippen molar-refractivity contribution in [1.82, 2.24) is 19.6 Å². The molecule has 1 aromatic heterocycles. The van der Waals surface area contributed by atoms with Gasteiger partial charge in [-0.15, -0.1) is 0 Å². The van der Waals surface area contributed by atoms with Crippen LogP contribution < -0.4 is 0 Å². The zero-order valence-electron chi connectivity index (χ0n) is 24.7. The lowest BCUT2D eigenvalue weighted by molar-refractivity contribution is -0.0564. The highest BCUT2D eigenvalue weighted by molar-refractivity contribution is 6.05. The molecule has 2 aliphatic rings. The molecule has 0 spiro atoms. The Labute approximate surface area is 237 Å². The van der Waals surface area contributed by atoms with Gasteiger partial charge in [0.1, 0.15) is 5.82 Å². The van der Waals surface area contributed by atoms with Crippen LogP contribution in [0.1, 0.15) is 69.3 Å². The molecule has 216 valence electrons. The lowest BCUT2D eigenvalue weighted by Gasteiger charge is -2.46. The van der Waals surface area contributed by atoms with Gasteiger partial charge in [0.2, 0.25) is 0 Å². The Bertz CT molecular complexity index is 1340. The highest BCUT2D eigenvalue weighted by Crippen LogP contribution is 2.39. The summed E-state index contributed by atoms with van der Waals surface area (Å²) in [5.41, 5.74) is 4.31. The van der Waals surface area contributed by atoms with Crippen molar-refractivity contribution in [3.05, 3.63) is 53.5 Å². The molecule has 3 aromatic rings. The number of benzene rings is 2. The smallest absolute Gasteiger partial charge is 0.254 e. The normalized spacial score (nSPS) is 17.7. The second kappa shape index (κ2) is 12.0. The van der Waals surface area contributed by atoms with E-state index >= 15 is 0 Å². The van der Waals surface area contributed by atoms with Gasteiger partial charge in [0, 0.05) is 50.1 Å². The second-order valence-corrected chi connectivity index (χ2v) is 11.9. The molecule has 2 fully saturated rings. The summed E-state index contributed by atoms with van der Waals surface area (Å²) in [5, 5.41) is 5.50. The molecule has 2 saturated heterocycles. The number of aromatic nitrogens is 2. The number of likely N-dealkylation sites (tertiary alicyclic amines) is 1. The van der Waals surface area contributed by atoms with Crippen molar-refractivity contribution >= 4 is 16.8 Å². The average Bonchev–Trinajstić information content (AvgIpc) is 3.54. The van der Waals surface area contributed by atoms with Crippen LogP contribution in [0.4, 0.5) is 4.39 Å². The van der Waals surface area contributed by atoms with Crippen LogP contribution in [0, 0.1) is 11.7 Å². The van der Waals surface area contributed by atoms with E-state index in [2.05, 4.69) is 36.0 Å². The minimum absolute atomic E-state index is 0.0139. The second-order valence-electron chi connectivity index (χ2n) is 11.9. The number of ether oxygens (including phenoxy) is 2. The summed E-state index contributed by atoms with van der Waals surface area (Å²) in [6, 6.07) is 9.50. The number of hydrogen-bond donors (Lipinski definition) is 0. The molecule has 7 nitrogen and oxygen atoms in total. The summed E-state index contributed by atoms with van der Waals surface area (Å²) in [6.07, 6.45) is 3.74. The standard InChI is InChI=1S/C32H43FN4O3/c1-7-37(21(4)5)32(38)27-16-24(33)8-9-25(27)26-14-22(15-30-28(26)17-34-35(30)6)23-18-36(19-23)29(20(2)3)10-11-31-39-12-13-40-31/h8-9,14-17,20-21,23,29,31H,7,10-13,18-19H2,1-6H3/t29-/m0/s1. The summed E-state index contributed by atoms with van der Waals surface area (Å²) < 4.78 is 27.7. The Hall–Kier alpha value is -2.81. The molecule has 2 aromatic carbocycles. The number of amides is 1. The van der Waals surface area contributed by atoms with E-state index in [0.29, 0.717) is 43.2 Å².